The van der Waals surface area contributed by atoms with Crippen molar-refractivity contribution in [2.45, 2.75) is 25.9 Å². The molecule has 3 nitrogen and oxygen atoms in total. The van der Waals surface area contributed by atoms with E-state index in [1.165, 1.54) is 6.07 Å². The van der Waals surface area contributed by atoms with Crippen molar-refractivity contribution in [1.82, 2.24) is 4.98 Å². The number of pyridine rings is 1. The van der Waals surface area contributed by atoms with Crippen molar-refractivity contribution >= 4 is 11.6 Å². The van der Waals surface area contributed by atoms with Gasteiger partial charge in [0.1, 0.15) is 11.6 Å². The van der Waals surface area contributed by atoms with Crippen LogP contribution in [0, 0.1) is 5.92 Å². The fourth-order valence-corrected chi connectivity index (χ4v) is 2.26. The van der Waals surface area contributed by atoms with Crippen molar-refractivity contribution in [1.29, 1.82) is 0 Å². The highest BCUT2D eigenvalue weighted by Gasteiger charge is 2.31. The molecule has 2 heterocycles. The maximum atomic E-state index is 12.4. The maximum absolute atomic E-state index is 12.4. The molecule has 0 radical (unpaired) electrons. The van der Waals surface area contributed by atoms with E-state index < -0.39 is 11.7 Å². The number of rotatable bonds is 2. The zero-order valence-electron chi connectivity index (χ0n) is 10.6. The first-order chi connectivity index (χ1) is 8.88. The van der Waals surface area contributed by atoms with Crippen LogP contribution in [0.15, 0.2) is 18.3 Å². The summed E-state index contributed by atoms with van der Waals surface area (Å²) in [7, 11) is 0. The van der Waals surface area contributed by atoms with Gasteiger partial charge in [-0.25, -0.2) is 4.98 Å². The number of carbonyl (C=O) groups is 1. The van der Waals surface area contributed by atoms with Gasteiger partial charge in [-0.05, 0) is 31.9 Å². The van der Waals surface area contributed by atoms with Crippen molar-refractivity contribution in [3.05, 3.63) is 23.9 Å². The fourth-order valence-electron chi connectivity index (χ4n) is 2.26. The van der Waals surface area contributed by atoms with Crippen LogP contribution in [0.1, 0.15) is 25.3 Å². The molecule has 0 aliphatic carbocycles. The number of Topliss-reactive ketones (excluding diaryl/α,β-unsaturated/α-hetero) is 1. The summed E-state index contributed by atoms with van der Waals surface area (Å²) in [5.41, 5.74) is -0.753. The predicted octanol–water partition coefficient (Wildman–Crippen LogP) is 2.91. The topological polar surface area (TPSA) is 33.2 Å². The quantitative estimate of drug-likeness (QED) is 0.830. The summed E-state index contributed by atoms with van der Waals surface area (Å²) in [6.45, 7) is 2.81. The summed E-state index contributed by atoms with van der Waals surface area (Å²) in [6, 6.07) is 2.39. The number of hydrogen-bond donors (Lipinski definition) is 0. The molecule has 1 fully saturated rings. The van der Waals surface area contributed by atoms with Gasteiger partial charge in [-0.3, -0.25) is 4.79 Å². The minimum atomic E-state index is -4.37. The highest BCUT2D eigenvalue weighted by molar-refractivity contribution is 5.79. The molecule has 19 heavy (non-hydrogen) atoms. The van der Waals surface area contributed by atoms with Gasteiger partial charge < -0.3 is 4.90 Å². The second kappa shape index (κ2) is 5.19. The zero-order chi connectivity index (χ0) is 14.0. The molecule has 1 aliphatic rings. The maximum Gasteiger partial charge on any atom is 0.417 e. The van der Waals surface area contributed by atoms with Crippen LogP contribution < -0.4 is 4.90 Å². The normalized spacial score (nSPS) is 20.4. The number of hydrogen-bond acceptors (Lipinski definition) is 3. The van der Waals surface area contributed by atoms with Gasteiger partial charge in [-0.1, -0.05) is 0 Å². The van der Waals surface area contributed by atoms with Gasteiger partial charge in [0.25, 0.3) is 0 Å². The van der Waals surface area contributed by atoms with E-state index in [1.807, 2.05) is 4.90 Å². The first-order valence-corrected chi connectivity index (χ1v) is 6.16. The molecule has 1 aromatic heterocycles. The highest BCUT2D eigenvalue weighted by Crippen LogP contribution is 2.30. The van der Waals surface area contributed by atoms with Gasteiger partial charge in [-0.2, -0.15) is 13.2 Å². The fraction of sp³-hybridized carbons (Fsp3) is 0.538. The van der Waals surface area contributed by atoms with E-state index >= 15 is 0 Å². The predicted molar refractivity (Wildman–Crippen MR) is 64.9 cm³/mol. The number of alkyl halides is 3. The molecule has 0 spiro atoms. The Hall–Kier alpha value is -1.59. The third kappa shape index (κ3) is 3.24. The molecule has 1 aliphatic heterocycles. The van der Waals surface area contributed by atoms with Crippen molar-refractivity contribution in [2.24, 2.45) is 5.92 Å². The number of piperidine rings is 1. The second-order valence-electron chi connectivity index (χ2n) is 4.80. The summed E-state index contributed by atoms with van der Waals surface area (Å²) in [6.07, 6.45) is -1.83. The number of halogens is 3. The second-order valence-corrected chi connectivity index (χ2v) is 4.80. The third-order valence-corrected chi connectivity index (χ3v) is 3.40. The van der Waals surface area contributed by atoms with E-state index in [-0.39, 0.29) is 11.7 Å². The first kappa shape index (κ1) is 13.8. The van der Waals surface area contributed by atoms with Crippen LogP contribution in [0.2, 0.25) is 0 Å². The summed E-state index contributed by atoms with van der Waals surface area (Å²) < 4.78 is 37.3. The Balaban J connectivity index is 2.12. The van der Waals surface area contributed by atoms with Crippen LogP contribution in [-0.2, 0) is 11.0 Å². The number of ketones is 1. The average Bonchev–Trinajstić information content (AvgIpc) is 2.38. The Morgan fingerprint density at radius 2 is 2.16 bits per heavy atom. The van der Waals surface area contributed by atoms with Crippen LogP contribution in [0.25, 0.3) is 0 Å². The van der Waals surface area contributed by atoms with Crippen LogP contribution in [-0.4, -0.2) is 23.9 Å². The SMILES string of the molecule is CC(=O)C1CCCN(c2ccc(C(F)(F)F)cn2)C1. The number of aromatic nitrogens is 1. The minimum absolute atomic E-state index is 0.0437. The molecular formula is C13H15F3N2O. The molecule has 0 amide bonds. The van der Waals surface area contributed by atoms with Crippen LogP contribution >= 0.6 is 0 Å². The number of carbonyl (C=O) groups excluding carboxylic acids is 1. The van der Waals surface area contributed by atoms with Crippen molar-refractivity contribution in [2.75, 3.05) is 18.0 Å². The van der Waals surface area contributed by atoms with E-state index in [4.69, 9.17) is 0 Å². The summed E-state index contributed by atoms with van der Waals surface area (Å²) in [4.78, 5) is 17.1. The lowest BCUT2D eigenvalue weighted by atomic mass is 9.94. The Morgan fingerprint density at radius 1 is 1.42 bits per heavy atom. The van der Waals surface area contributed by atoms with Gasteiger partial charge in [-0.15, -0.1) is 0 Å². The third-order valence-electron chi connectivity index (χ3n) is 3.40. The summed E-state index contributed by atoms with van der Waals surface area (Å²) in [5.74, 6) is 0.577. The van der Waals surface area contributed by atoms with E-state index in [1.54, 1.807) is 6.92 Å². The molecule has 104 valence electrons. The van der Waals surface area contributed by atoms with Crippen LogP contribution in [0.4, 0.5) is 19.0 Å². The molecule has 1 unspecified atom stereocenters. The molecule has 0 N–H and O–H groups in total. The Morgan fingerprint density at radius 3 is 2.68 bits per heavy atom. The Labute approximate surface area is 109 Å². The number of nitrogens with zero attached hydrogens (tertiary/aromatic N) is 2. The molecule has 0 aromatic carbocycles. The molecule has 0 bridgehead atoms. The van der Waals surface area contributed by atoms with Crippen LogP contribution in [0.5, 0.6) is 0 Å². The lowest BCUT2D eigenvalue weighted by molar-refractivity contribution is -0.137. The summed E-state index contributed by atoms with van der Waals surface area (Å²) >= 11 is 0. The first-order valence-electron chi connectivity index (χ1n) is 6.16. The minimum Gasteiger partial charge on any atom is -0.356 e. The highest BCUT2D eigenvalue weighted by atomic mass is 19.4. The number of anilines is 1. The van der Waals surface area contributed by atoms with E-state index in [0.717, 1.165) is 31.6 Å². The van der Waals surface area contributed by atoms with Gasteiger partial charge >= 0.3 is 6.18 Å². The molecule has 1 saturated heterocycles. The Bertz CT molecular complexity index is 456. The molecule has 1 aromatic rings. The molecule has 2 rings (SSSR count). The van der Waals surface area contributed by atoms with E-state index in [9.17, 15) is 18.0 Å². The van der Waals surface area contributed by atoms with Crippen LogP contribution in [0.3, 0.4) is 0 Å². The zero-order valence-corrected chi connectivity index (χ0v) is 10.6. The van der Waals surface area contributed by atoms with Gasteiger partial charge in [0.15, 0.2) is 0 Å². The van der Waals surface area contributed by atoms with Crippen molar-refractivity contribution in [3.63, 3.8) is 0 Å². The monoisotopic (exact) mass is 272 g/mol. The van der Waals surface area contributed by atoms with Crippen molar-refractivity contribution < 1.29 is 18.0 Å². The molecular weight excluding hydrogens is 257 g/mol. The molecule has 6 heteroatoms. The standard InChI is InChI=1S/C13H15F3N2O/c1-9(19)10-3-2-6-18(8-10)12-5-4-11(7-17-12)13(14,15)16/h4-5,7,10H,2-3,6,8H2,1H3. The summed E-state index contributed by atoms with van der Waals surface area (Å²) in [5, 5.41) is 0. The smallest absolute Gasteiger partial charge is 0.356 e. The van der Waals surface area contributed by atoms with Gasteiger partial charge in [0, 0.05) is 25.2 Å². The van der Waals surface area contributed by atoms with E-state index in [0.29, 0.717) is 12.4 Å². The van der Waals surface area contributed by atoms with E-state index in [2.05, 4.69) is 4.98 Å². The molecule has 1 atom stereocenters. The molecule has 0 saturated carbocycles. The average molecular weight is 272 g/mol. The lowest BCUT2D eigenvalue weighted by Crippen LogP contribution is -2.38. The Kier molecular flexibility index (Phi) is 3.78. The largest absolute Gasteiger partial charge is 0.417 e. The van der Waals surface area contributed by atoms with Gasteiger partial charge in [0.05, 0.1) is 5.56 Å². The van der Waals surface area contributed by atoms with Crippen molar-refractivity contribution in [3.8, 4) is 0 Å². The van der Waals surface area contributed by atoms with Gasteiger partial charge in [0.2, 0.25) is 0 Å². The lowest BCUT2D eigenvalue weighted by Gasteiger charge is -2.32.